The Balaban J connectivity index is 3.37. The molecule has 0 heterocycles. The Hall–Kier alpha value is -0.830. The molecule has 1 atom stereocenters. The van der Waals surface area contributed by atoms with Gasteiger partial charge in [-0.2, -0.15) is 0 Å². The van der Waals surface area contributed by atoms with Crippen LogP contribution in [0.1, 0.15) is 78.1 Å². The number of unbranched alkanes of at least 4 members (excludes halogenated alkanes) is 5. The minimum absolute atomic E-state index is 0.160. The van der Waals surface area contributed by atoms with Crippen molar-refractivity contribution in [2.45, 2.75) is 84.2 Å². The van der Waals surface area contributed by atoms with E-state index in [1.54, 1.807) is 0 Å². The molecule has 3 heteroatoms. The molecule has 3 nitrogen and oxygen atoms in total. The summed E-state index contributed by atoms with van der Waals surface area (Å²) in [6.45, 7) is 4.00. The van der Waals surface area contributed by atoms with E-state index >= 15 is 0 Å². The van der Waals surface area contributed by atoms with Gasteiger partial charge in [0.25, 0.3) is 0 Å². The lowest BCUT2D eigenvalue weighted by Gasteiger charge is -2.04. The number of hydrogen-bond donors (Lipinski definition) is 2. The van der Waals surface area contributed by atoms with Crippen molar-refractivity contribution in [2.24, 2.45) is 0 Å². The minimum Gasteiger partial charge on any atom is -0.481 e. The van der Waals surface area contributed by atoms with Gasteiger partial charge in [0, 0.05) is 6.42 Å². The molecule has 0 bridgehead atoms. The smallest absolute Gasteiger partial charge is 0.303 e. The van der Waals surface area contributed by atoms with Gasteiger partial charge < -0.3 is 10.2 Å². The van der Waals surface area contributed by atoms with E-state index in [0.29, 0.717) is 0 Å². The molecule has 0 rings (SSSR count). The van der Waals surface area contributed by atoms with Crippen LogP contribution >= 0.6 is 0 Å². The molecule has 0 aliphatic rings. The zero-order valence-corrected chi connectivity index (χ0v) is 12.5. The zero-order valence-electron chi connectivity index (χ0n) is 12.5. The highest BCUT2D eigenvalue weighted by molar-refractivity contribution is 5.66. The summed E-state index contributed by atoms with van der Waals surface area (Å²) in [5.41, 5.74) is 1.42. The van der Waals surface area contributed by atoms with Crippen LogP contribution in [0, 0.1) is 0 Å². The molecule has 0 aromatic carbocycles. The van der Waals surface area contributed by atoms with Crippen LogP contribution < -0.4 is 0 Å². The number of aliphatic hydroxyl groups is 1. The fourth-order valence-corrected chi connectivity index (χ4v) is 2.07. The summed E-state index contributed by atoms with van der Waals surface area (Å²) in [4.78, 5) is 10.3. The van der Waals surface area contributed by atoms with Gasteiger partial charge in [-0.05, 0) is 52.4 Å². The summed E-state index contributed by atoms with van der Waals surface area (Å²) < 4.78 is 0. The quantitative estimate of drug-likeness (QED) is 0.410. The minimum atomic E-state index is -0.696. The van der Waals surface area contributed by atoms with Crippen molar-refractivity contribution in [2.75, 3.05) is 0 Å². The summed E-state index contributed by atoms with van der Waals surface area (Å²) in [5, 5.41) is 17.6. The summed E-state index contributed by atoms with van der Waals surface area (Å²) in [6.07, 6.45) is 12.0. The first kappa shape index (κ1) is 18.2. The molecule has 0 aliphatic heterocycles. The molecule has 0 aliphatic carbocycles. The van der Waals surface area contributed by atoms with Gasteiger partial charge in [-0.3, -0.25) is 4.79 Å². The Morgan fingerprint density at radius 2 is 1.68 bits per heavy atom. The molecule has 1 unspecified atom stereocenters. The van der Waals surface area contributed by atoms with Gasteiger partial charge in [-0.1, -0.05) is 30.9 Å². The van der Waals surface area contributed by atoms with Gasteiger partial charge in [-0.25, -0.2) is 0 Å². The maximum atomic E-state index is 10.3. The standard InChI is InChI=1S/C16H30O3/c1-14(11-7-5-9-13-16(18)19)10-6-3-4-8-12-15(2)17/h11,15,17H,3-10,12-13H2,1-2H3,(H,18,19). The van der Waals surface area contributed by atoms with Gasteiger partial charge in [0.2, 0.25) is 0 Å². The van der Waals surface area contributed by atoms with E-state index in [1.165, 1.54) is 24.8 Å². The fourth-order valence-electron chi connectivity index (χ4n) is 2.07. The maximum absolute atomic E-state index is 10.3. The average molecular weight is 270 g/mol. The lowest BCUT2D eigenvalue weighted by Crippen LogP contribution is -1.98. The predicted octanol–water partition coefficient (Wildman–Crippen LogP) is 4.30. The van der Waals surface area contributed by atoms with Crippen LogP contribution in [0.15, 0.2) is 11.6 Å². The molecule has 0 saturated carbocycles. The number of carbonyl (C=O) groups is 1. The second kappa shape index (κ2) is 12.2. The van der Waals surface area contributed by atoms with Crippen LogP contribution in [0.25, 0.3) is 0 Å². The predicted molar refractivity (Wildman–Crippen MR) is 79.2 cm³/mol. The molecule has 0 spiro atoms. The van der Waals surface area contributed by atoms with Crippen molar-refractivity contribution in [1.82, 2.24) is 0 Å². The topological polar surface area (TPSA) is 57.5 Å². The van der Waals surface area contributed by atoms with E-state index in [4.69, 9.17) is 10.2 Å². The van der Waals surface area contributed by atoms with E-state index in [-0.39, 0.29) is 12.5 Å². The Bertz CT molecular complexity index is 257. The molecule has 0 radical (unpaired) electrons. The molecule has 0 aromatic rings. The molecule has 0 fully saturated rings. The second-order valence-corrected chi connectivity index (χ2v) is 5.49. The first-order valence-electron chi connectivity index (χ1n) is 7.58. The number of aliphatic carboxylic acids is 1. The zero-order chi connectivity index (χ0) is 14.5. The highest BCUT2D eigenvalue weighted by Crippen LogP contribution is 2.13. The number of allylic oxidation sites excluding steroid dienone is 2. The number of hydrogen-bond acceptors (Lipinski definition) is 2. The molecule has 2 N–H and O–H groups in total. The van der Waals surface area contributed by atoms with E-state index in [0.717, 1.165) is 38.5 Å². The number of aliphatic hydroxyl groups excluding tert-OH is 1. The Morgan fingerprint density at radius 1 is 1.05 bits per heavy atom. The van der Waals surface area contributed by atoms with Crippen LogP contribution in [0.4, 0.5) is 0 Å². The van der Waals surface area contributed by atoms with Crippen molar-refractivity contribution in [3.05, 3.63) is 11.6 Å². The van der Waals surface area contributed by atoms with Crippen molar-refractivity contribution in [1.29, 1.82) is 0 Å². The Kier molecular flexibility index (Phi) is 11.7. The lowest BCUT2D eigenvalue weighted by molar-refractivity contribution is -0.137. The number of carboxylic acid groups (broad SMARTS) is 1. The SMILES string of the molecule is CC(=CCCCCC(=O)O)CCCCCCC(C)O. The highest BCUT2D eigenvalue weighted by atomic mass is 16.4. The third-order valence-corrected chi connectivity index (χ3v) is 3.28. The molecule has 0 saturated heterocycles. The van der Waals surface area contributed by atoms with Crippen LogP contribution in [0.2, 0.25) is 0 Å². The van der Waals surface area contributed by atoms with E-state index in [9.17, 15) is 4.79 Å². The summed E-state index contributed by atoms with van der Waals surface area (Å²) in [5.74, 6) is -0.696. The average Bonchev–Trinajstić information content (AvgIpc) is 2.32. The maximum Gasteiger partial charge on any atom is 0.303 e. The Morgan fingerprint density at radius 3 is 2.32 bits per heavy atom. The van der Waals surface area contributed by atoms with Crippen LogP contribution in [0.3, 0.4) is 0 Å². The fraction of sp³-hybridized carbons (Fsp3) is 0.812. The molecule has 0 aromatic heterocycles. The van der Waals surface area contributed by atoms with Gasteiger partial charge in [0.1, 0.15) is 0 Å². The lowest BCUT2D eigenvalue weighted by atomic mass is 10.0. The van der Waals surface area contributed by atoms with Gasteiger partial charge >= 0.3 is 5.97 Å². The van der Waals surface area contributed by atoms with Crippen molar-refractivity contribution in [3.63, 3.8) is 0 Å². The molecule has 112 valence electrons. The summed E-state index contributed by atoms with van der Waals surface area (Å²) >= 11 is 0. The van der Waals surface area contributed by atoms with Crippen LogP contribution in [-0.4, -0.2) is 22.3 Å². The normalized spacial score (nSPS) is 13.5. The summed E-state index contributed by atoms with van der Waals surface area (Å²) in [6, 6.07) is 0. The first-order chi connectivity index (χ1) is 9.02. The summed E-state index contributed by atoms with van der Waals surface area (Å²) in [7, 11) is 0. The molecule has 0 amide bonds. The van der Waals surface area contributed by atoms with Crippen molar-refractivity contribution in [3.8, 4) is 0 Å². The van der Waals surface area contributed by atoms with Crippen LogP contribution in [0.5, 0.6) is 0 Å². The second-order valence-electron chi connectivity index (χ2n) is 5.49. The highest BCUT2D eigenvalue weighted by Gasteiger charge is 1.97. The molecule has 19 heavy (non-hydrogen) atoms. The largest absolute Gasteiger partial charge is 0.481 e. The van der Waals surface area contributed by atoms with Gasteiger partial charge in [0.15, 0.2) is 0 Å². The van der Waals surface area contributed by atoms with Crippen LogP contribution in [-0.2, 0) is 4.79 Å². The third-order valence-electron chi connectivity index (χ3n) is 3.28. The monoisotopic (exact) mass is 270 g/mol. The van der Waals surface area contributed by atoms with Crippen molar-refractivity contribution < 1.29 is 15.0 Å². The first-order valence-corrected chi connectivity index (χ1v) is 7.58. The molecular weight excluding hydrogens is 240 g/mol. The van der Waals surface area contributed by atoms with Gasteiger partial charge in [-0.15, -0.1) is 0 Å². The Labute approximate surface area is 117 Å². The molecular formula is C16H30O3. The number of rotatable bonds is 12. The van der Waals surface area contributed by atoms with E-state index in [2.05, 4.69) is 13.0 Å². The third kappa shape index (κ3) is 15.1. The van der Waals surface area contributed by atoms with E-state index < -0.39 is 5.97 Å². The number of carboxylic acids is 1. The van der Waals surface area contributed by atoms with Crippen molar-refractivity contribution >= 4 is 5.97 Å². The van der Waals surface area contributed by atoms with E-state index in [1.807, 2.05) is 6.92 Å². The van der Waals surface area contributed by atoms with Gasteiger partial charge in [0.05, 0.1) is 6.10 Å².